The predicted octanol–water partition coefficient (Wildman–Crippen LogP) is 4.92. The third-order valence-electron chi connectivity index (χ3n) is 4.77. The molecule has 0 spiro atoms. The first-order valence-electron chi connectivity index (χ1n) is 10.2. The van der Waals surface area contributed by atoms with Crippen molar-refractivity contribution in [1.82, 2.24) is 15.0 Å². The van der Waals surface area contributed by atoms with Crippen molar-refractivity contribution in [3.05, 3.63) is 90.4 Å². The number of ether oxygens (including phenoxy) is 1. The van der Waals surface area contributed by atoms with Crippen LogP contribution in [0.5, 0.6) is 5.75 Å². The van der Waals surface area contributed by atoms with E-state index in [0.29, 0.717) is 17.4 Å². The summed E-state index contributed by atoms with van der Waals surface area (Å²) in [5, 5.41) is 6.10. The van der Waals surface area contributed by atoms with Gasteiger partial charge in [-0.15, -0.1) is 0 Å². The van der Waals surface area contributed by atoms with E-state index in [-0.39, 0.29) is 12.5 Å². The molecule has 0 radical (unpaired) electrons. The highest BCUT2D eigenvalue weighted by atomic mass is 16.5. The van der Waals surface area contributed by atoms with Gasteiger partial charge in [-0.2, -0.15) is 0 Å². The molecule has 4 aromatic rings. The van der Waals surface area contributed by atoms with Gasteiger partial charge in [0.15, 0.2) is 6.61 Å². The van der Waals surface area contributed by atoms with Gasteiger partial charge in [0.1, 0.15) is 5.75 Å². The summed E-state index contributed by atoms with van der Waals surface area (Å²) in [6.45, 7) is 3.90. The smallest absolute Gasteiger partial charge is 0.262 e. The van der Waals surface area contributed by atoms with Crippen LogP contribution in [0.2, 0.25) is 0 Å². The van der Waals surface area contributed by atoms with Crippen molar-refractivity contribution >= 4 is 23.2 Å². The van der Waals surface area contributed by atoms with E-state index >= 15 is 0 Å². The number of carbonyl (C=O) groups excluding carboxylic acids is 1. The fraction of sp³-hybridized carbons (Fsp3) is 0.120. The van der Waals surface area contributed by atoms with Crippen LogP contribution in [0.15, 0.2) is 79.3 Å². The second-order valence-corrected chi connectivity index (χ2v) is 7.31. The van der Waals surface area contributed by atoms with Crippen molar-refractivity contribution in [2.24, 2.45) is 0 Å². The van der Waals surface area contributed by atoms with Gasteiger partial charge in [-0.3, -0.25) is 9.78 Å². The molecule has 0 bridgehead atoms. The number of pyridine rings is 1. The minimum atomic E-state index is -0.241. The summed E-state index contributed by atoms with van der Waals surface area (Å²) in [6.07, 6.45) is 5.17. The van der Waals surface area contributed by atoms with Crippen molar-refractivity contribution in [2.75, 3.05) is 17.2 Å². The summed E-state index contributed by atoms with van der Waals surface area (Å²) in [5.41, 5.74) is 5.26. The molecule has 2 aromatic heterocycles. The minimum Gasteiger partial charge on any atom is -0.484 e. The molecule has 0 fully saturated rings. The van der Waals surface area contributed by atoms with Crippen LogP contribution in [0.1, 0.15) is 11.1 Å². The molecule has 7 heteroatoms. The van der Waals surface area contributed by atoms with Gasteiger partial charge in [-0.1, -0.05) is 23.8 Å². The molecule has 4 rings (SSSR count). The van der Waals surface area contributed by atoms with E-state index < -0.39 is 0 Å². The van der Waals surface area contributed by atoms with Crippen molar-refractivity contribution in [1.29, 1.82) is 0 Å². The Morgan fingerprint density at radius 3 is 2.62 bits per heavy atom. The number of anilines is 3. The first kappa shape index (κ1) is 21.0. The lowest BCUT2D eigenvalue weighted by atomic mass is 10.1. The molecule has 160 valence electrons. The van der Waals surface area contributed by atoms with Crippen LogP contribution in [0.25, 0.3) is 11.3 Å². The molecule has 2 heterocycles. The van der Waals surface area contributed by atoms with Crippen LogP contribution < -0.4 is 15.4 Å². The molecule has 7 nitrogen and oxygen atoms in total. The summed E-state index contributed by atoms with van der Waals surface area (Å²) < 4.78 is 5.55. The molecule has 0 atom stereocenters. The van der Waals surface area contributed by atoms with Gasteiger partial charge in [0.2, 0.25) is 5.95 Å². The quantitative estimate of drug-likeness (QED) is 0.437. The van der Waals surface area contributed by atoms with Gasteiger partial charge in [0, 0.05) is 35.5 Å². The zero-order valence-corrected chi connectivity index (χ0v) is 17.9. The molecule has 0 aliphatic rings. The largest absolute Gasteiger partial charge is 0.484 e. The molecule has 1 amide bonds. The maximum atomic E-state index is 12.3. The number of amides is 1. The van der Waals surface area contributed by atoms with Gasteiger partial charge in [0.25, 0.3) is 5.91 Å². The standard InChI is InChI=1S/C25H23N5O2/c1-17-5-9-21(10-6-17)32-16-24(31)28-20-8-7-18(2)23(14-20)30-25-27-13-11-22(29-25)19-4-3-12-26-15-19/h3-15H,16H2,1-2H3,(H,28,31)(H,27,29,30). The summed E-state index contributed by atoms with van der Waals surface area (Å²) >= 11 is 0. The maximum Gasteiger partial charge on any atom is 0.262 e. The number of nitrogens with zero attached hydrogens (tertiary/aromatic N) is 3. The van der Waals surface area contributed by atoms with E-state index in [4.69, 9.17) is 4.74 Å². The van der Waals surface area contributed by atoms with Crippen molar-refractivity contribution < 1.29 is 9.53 Å². The highest BCUT2D eigenvalue weighted by molar-refractivity contribution is 5.92. The average molecular weight is 425 g/mol. The van der Waals surface area contributed by atoms with Crippen LogP contribution >= 0.6 is 0 Å². The Bertz CT molecular complexity index is 1210. The highest BCUT2D eigenvalue weighted by Gasteiger charge is 2.08. The lowest BCUT2D eigenvalue weighted by Gasteiger charge is -2.12. The molecule has 0 saturated heterocycles. The van der Waals surface area contributed by atoms with Crippen molar-refractivity contribution in [3.8, 4) is 17.0 Å². The Morgan fingerprint density at radius 1 is 1.00 bits per heavy atom. The Labute approximate surface area is 186 Å². The number of rotatable bonds is 7. The molecule has 0 aliphatic carbocycles. The number of nitrogens with one attached hydrogen (secondary N) is 2. The zero-order chi connectivity index (χ0) is 22.3. The lowest BCUT2D eigenvalue weighted by Crippen LogP contribution is -2.20. The first-order valence-corrected chi connectivity index (χ1v) is 10.2. The van der Waals surface area contributed by atoms with Gasteiger partial charge in [-0.05, 0) is 61.9 Å². The van der Waals surface area contributed by atoms with Crippen LogP contribution in [0, 0.1) is 13.8 Å². The van der Waals surface area contributed by atoms with Gasteiger partial charge in [-0.25, -0.2) is 9.97 Å². The molecule has 0 saturated carbocycles. The van der Waals surface area contributed by atoms with Gasteiger partial charge >= 0.3 is 0 Å². The highest BCUT2D eigenvalue weighted by Crippen LogP contribution is 2.24. The molecule has 2 N–H and O–H groups in total. The van der Waals surface area contributed by atoms with E-state index in [1.54, 1.807) is 18.6 Å². The second kappa shape index (κ2) is 9.70. The third kappa shape index (κ3) is 5.46. The Kier molecular flexibility index (Phi) is 6.36. The van der Waals surface area contributed by atoms with Gasteiger partial charge in [0.05, 0.1) is 5.69 Å². The van der Waals surface area contributed by atoms with E-state index in [1.807, 2.05) is 74.5 Å². The van der Waals surface area contributed by atoms with E-state index in [9.17, 15) is 4.79 Å². The second-order valence-electron chi connectivity index (χ2n) is 7.31. The number of aromatic nitrogens is 3. The van der Waals surface area contributed by atoms with Crippen molar-refractivity contribution in [3.63, 3.8) is 0 Å². The fourth-order valence-electron chi connectivity index (χ4n) is 3.03. The molecule has 32 heavy (non-hydrogen) atoms. The maximum absolute atomic E-state index is 12.3. The third-order valence-corrected chi connectivity index (χ3v) is 4.77. The summed E-state index contributed by atoms with van der Waals surface area (Å²) in [6, 6.07) is 18.8. The number of benzene rings is 2. The Balaban J connectivity index is 1.42. The fourth-order valence-corrected chi connectivity index (χ4v) is 3.03. The minimum absolute atomic E-state index is 0.0734. The van der Waals surface area contributed by atoms with Gasteiger partial charge < -0.3 is 15.4 Å². The normalized spacial score (nSPS) is 10.4. The predicted molar refractivity (Wildman–Crippen MR) is 125 cm³/mol. The number of hydrogen-bond donors (Lipinski definition) is 2. The SMILES string of the molecule is Cc1ccc(OCC(=O)Nc2ccc(C)c(Nc3nccc(-c4cccnc4)n3)c2)cc1. The molecule has 2 aromatic carbocycles. The molecular formula is C25H23N5O2. The summed E-state index contributed by atoms with van der Waals surface area (Å²) in [5.74, 6) is 0.874. The average Bonchev–Trinajstić information content (AvgIpc) is 2.82. The molecule has 0 aliphatic heterocycles. The van der Waals surface area contributed by atoms with Crippen LogP contribution in [0.4, 0.5) is 17.3 Å². The molecular weight excluding hydrogens is 402 g/mol. The Morgan fingerprint density at radius 2 is 1.84 bits per heavy atom. The van der Waals surface area contributed by atoms with Crippen molar-refractivity contribution in [2.45, 2.75) is 13.8 Å². The van der Waals surface area contributed by atoms with Crippen LogP contribution in [0.3, 0.4) is 0 Å². The van der Waals surface area contributed by atoms with E-state index in [0.717, 1.165) is 28.1 Å². The van der Waals surface area contributed by atoms with Crippen LogP contribution in [-0.4, -0.2) is 27.5 Å². The van der Waals surface area contributed by atoms with E-state index in [1.165, 1.54) is 0 Å². The number of carbonyl (C=O) groups is 1. The zero-order valence-electron chi connectivity index (χ0n) is 17.9. The summed E-state index contributed by atoms with van der Waals surface area (Å²) in [4.78, 5) is 25.3. The number of aryl methyl sites for hydroxylation is 2. The summed E-state index contributed by atoms with van der Waals surface area (Å²) in [7, 11) is 0. The van der Waals surface area contributed by atoms with Crippen LogP contribution in [-0.2, 0) is 4.79 Å². The first-order chi connectivity index (χ1) is 15.6. The number of hydrogen-bond acceptors (Lipinski definition) is 6. The monoisotopic (exact) mass is 425 g/mol. The van der Waals surface area contributed by atoms with E-state index in [2.05, 4.69) is 25.6 Å². The molecule has 0 unspecified atom stereocenters. The lowest BCUT2D eigenvalue weighted by molar-refractivity contribution is -0.118. The Hall–Kier alpha value is -4.26. The topological polar surface area (TPSA) is 89.0 Å².